The second-order valence-electron chi connectivity index (χ2n) is 10.5. The highest BCUT2D eigenvalue weighted by atomic mass is 32.2. The molecule has 13 heteroatoms. The largest absolute Gasteiger partial charge is 0.461 e. The van der Waals surface area contributed by atoms with E-state index in [0.717, 1.165) is 33.9 Å². The Bertz CT molecular complexity index is 1880. The molecule has 0 radical (unpaired) electrons. The Labute approximate surface area is 263 Å². The Kier molecular flexibility index (Phi) is 8.72. The Morgan fingerprint density at radius 1 is 1.16 bits per heavy atom. The summed E-state index contributed by atoms with van der Waals surface area (Å²) < 4.78 is 59.4. The van der Waals surface area contributed by atoms with E-state index in [0.29, 0.717) is 39.9 Å². The molecule has 0 spiro atoms. The second kappa shape index (κ2) is 12.7. The second-order valence-corrected chi connectivity index (χ2v) is 13.3. The molecule has 3 aromatic heterocycles. The highest BCUT2D eigenvalue weighted by molar-refractivity contribution is 7.80. The highest BCUT2D eigenvalue weighted by Crippen LogP contribution is 2.40. The van der Waals surface area contributed by atoms with Gasteiger partial charge in [-0.25, -0.2) is 27.5 Å². The number of ether oxygens (including phenoxy) is 1. The Morgan fingerprint density at radius 3 is 2.66 bits per heavy atom. The average Bonchev–Trinajstić information content (AvgIpc) is 3.33. The van der Waals surface area contributed by atoms with Gasteiger partial charge in [-0.2, -0.15) is 5.10 Å². The number of benzene rings is 2. The van der Waals surface area contributed by atoms with E-state index in [2.05, 4.69) is 9.71 Å². The predicted molar refractivity (Wildman–Crippen MR) is 169 cm³/mol. The topological polar surface area (TPSA) is 106 Å². The molecule has 0 saturated heterocycles. The van der Waals surface area contributed by atoms with Gasteiger partial charge >= 0.3 is 5.97 Å². The normalized spacial score (nSPS) is 13.7. The number of anilines is 1. The Morgan fingerprint density at radius 2 is 1.98 bits per heavy atom. The minimum absolute atomic E-state index is 0.0904. The highest BCUT2D eigenvalue weighted by Gasteiger charge is 2.30. The van der Waals surface area contributed by atoms with E-state index in [1.807, 2.05) is 19.1 Å². The van der Waals surface area contributed by atoms with E-state index >= 15 is 4.39 Å². The molecule has 228 valence electrons. The van der Waals surface area contributed by atoms with Crippen molar-refractivity contribution in [2.45, 2.75) is 39.5 Å². The van der Waals surface area contributed by atoms with Crippen LogP contribution < -0.4 is 4.72 Å². The molecule has 3 heterocycles. The Hall–Kier alpha value is -3.78. The minimum atomic E-state index is -2.41. The van der Waals surface area contributed by atoms with E-state index in [1.165, 1.54) is 40.9 Å². The number of nitrogens with zero attached hydrogens (tertiary/aromatic N) is 3. The summed E-state index contributed by atoms with van der Waals surface area (Å²) in [6.07, 6.45) is 3.12. The molecule has 1 saturated carbocycles. The van der Waals surface area contributed by atoms with Crippen LogP contribution in [0.25, 0.3) is 26.8 Å². The first-order chi connectivity index (χ1) is 21.2. The van der Waals surface area contributed by atoms with Gasteiger partial charge in [-0.15, -0.1) is 22.7 Å². The third-order valence-electron chi connectivity index (χ3n) is 7.28. The number of carbonyl (C=O) groups is 1. The number of aromatic nitrogens is 3. The quantitative estimate of drug-likeness (QED) is 0.112. The van der Waals surface area contributed by atoms with Crippen LogP contribution >= 0.6 is 22.7 Å². The van der Waals surface area contributed by atoms with Crippen molar-refractivity contribution < 1.29 is 27.1 Å². The number of rotatable bonds is 11. The van der Waals surface area contributed by atoms with Gasteiger partial charge in [0.05, 0.1) is 23.7 Å². The fourth-order valence-corrected chi connectivity index (χ4v) is 7.02. The van der Waals surface area contributed by atoms with Crippen molar-refractivity contribution in [3.63, 3.8) is 0 Å². The molecule has 0 aliphatic heterocycles. The maximum absolute atomic E-state index is 15.1. The third kappa shape index (κ3) is 6.50. The zero-order valence-electron chi connectivity index (χ0n) is 23.8. The van der Waals surface area contributed by atoms with Crippen molar-refractivity contribution in [3.8, 4) is 26.8 Å². The summed E-state index contributed by atoms with van der Waals surface area (Å²) >= 11 is 0.351. The monoisotopic (exact) mass is 654 g/mol. The number of esters is 1. The van der Waals surface area contributed by atoms with Crippen LogP contribution in [0.4, 0.5) is 14.5 Å². The van der Waals surface area contributed by atoms with E-state index in [4.69, 9.17) is 14.4 Å². The smallest absolute Gasteiger partial charge is 0.357 e. The van der Waals surface area contributed by atoms with E-state index in [-0.39, 0.29) is 30.2 Å². The maximum Gasteiger partial charge on any atom is 0.357 e. The summed E-state index contributed by atoms with van der Waals surface area (Å²) in [5.41, 5.74) is 4.18. The molecular formula is C31H28F2N4O4S3. The molecule has 2 N–H and O–H groups in total. The lowest BCUT2D eigenvalue weighted by molar-refractivity contribution is 0.0520. The first-order valence-corrected chi connectivity index (χ1v) is 16.8. The first-order valence-electron chi connectivity index (χ1n) is 14.0. The fraction of sp³-hybridized carbons (Fsp3) is 0.258. The molecule has 1 atom stereocenters. The molecule has 44 heavy (non-hydrogen) atoms. The van der Waals surface area contributed by atoms with Crippen LogP contribution in [-0.4, -0.2) is 36.1 Å². The van der Waals surface area contributed by atoms with Gasteiger partial charge < -0.3 is 4.74 Å². The fourth-order valence-electron chi connectivity index (χ4n) is 5.02. The molecular weight excluding hydrogens is 627 g/mol. The molecule has 1 aliphatic rings. The Balaban J connectivity index is 1.50. The summed E-state index contributed by atoms with van der Waals surface area (Å²) in [6.45, 7) is 3.93. The van der Waals surface area contributed by atoms with E-state index < -0.39 is 23.1 Å². The van der Waals surface area contributed by atoms with Crippen LogP contribution in [0.5, 0.6) is 0 Å². The van der Waals surface area contributed by atoms with Gasteiger partial charge in [0.25, 0.3) is 11.3 Å². The number of aryl methyl sites for hydroxylation is 1. The van der Waals surface area contributed by atoms with Crippen molar-refractivity contribution in [1.82, 2.24) is 14.8 Å². The van der Waals surface area contributed by atoms with Crippen molar-refractivity contribution in [1.29, 1.82) is 0 Å². The molecule has 2 aromatic carbocycles. The lowest BCUT2D eigenvalue weighted by Crippen LogP contribution is -2.08. The summed E-state index contributed by atoms with van der Waals surface area (Å²) in [6, 6.07) is 13.2. The molecule has 0 bridgehead atoms. The van der Waals surface area contributed by atoms with E-state index in [1.54, 1.807) is 35.2 Å². The van der Waals surface area contributed by atoms with Crippen LogP contribution in [0.2, 0.25) is 0 Å². The molecule has 8 nitrogen and oxygen atoms in total. The average molecular weight is 655 g/mol. The first kappa shape index (κ1) is 30.3. The third-order valence-corrected chi connectivity index (χ3v) is 9.53. The van der Waals surface area contributed by atoms with Crippen molar-refractivity contribution in [2.24, 2.45) is 5.92 Å². The predicted octanol–water partition coefficient (Wildman–Crippen LogP) is 7.58. The van der Waals surface area contributed by atoms with Crippen LogP contribution in [0.1, 0.15) is 52.0 Å². The number of nitrogens with one attached hydrogen (secondary N) is 1. The standard InChI is InChI=1S/C31H28F2N4O4S3/c1-3-41-30(38)26-16-42-31(34-26)37-27(14-18-5-6-18)22(12-19-7-10-25(24(33)13-19)36-44(39)40)29(35-37)20-8-9-23(32)21(15-20)28-11-4-17(2)43-28/h4,7-11,13,15-16,18,36H,3,5-6,12,14H2,1-2H3,(H,39,40). The van der Waals surface area contributed by atoms with Gasteiger partial charge in [-0.05, 0) is 87.1 Å². The lowest BCUT2D eigenvalue weighted by Gasteiger charge is -2.11. The van der Waals surface area contributed by atoms with Gasteiger partial charge in [0.15, 0.2) is 5.69 Å². The van der Waals surface area contributed by atoms with Crippen molar-refractivity contribution in [3.05, 3.63) is 92.9 Å². The maximum atomic E-state index is 15.1. The number of thiazole rings is 1. The van der Waals surface area contributed by atoms with Crippen molar-refractivity contribution >= 4 is 45.6 Å². The van der Waals surface area contributed by atoms with Crippen LogP contribution in [0.3, 0.4) is 0 Å². The van der Waals surface area contributed by atoms with Crippen molar-refractivity contribution in [2.75, 3.05) is 11.3 Å². The SMILES string of the molecule is CCOC(=O)c1csc(-n2nc(-c3ccc(F)c(-c4ccc(C)s4)c3)c(Cc3ccc(NS(=O)O)c(F)c3)c2CC2CC2)n1. The van der Waals surface area contributed by atoms with Gasteiger partial charge in [-0.1, -0.05) is 6.07 Å². The zero-order valence-corrected chi connectivity index (χ0v) is 26.3. The van der Waals surface area contributed by atoms with E-state index in [9.17, 15) is 13.4 Å². The molecule has 1 unspecified atom stereocenters. The summed E-state index contributed by atoms with van der Waals surface area (Å²) in [7, 11) is 0. The zero-order chi connectivity index (χ0) is 31.0. The lowest BCUT2D eigenvalue weighted by atomic mass is 9.95. The van der Waals surface area contributed by atoms with Gasteiger partial charge in [0.2, 0.25) is 5.13 Å². The van der Waals surface area contributed by atoms with Crippen LogP contribution in [-0.2, 0) is 28.8 Å². The molecule has 0 amide bonds. The molecule has 1 fully saturated rings. The van der Waals surface area contributed by atoms with Crippen LogP contribution in [0.15, 0.2) is 53.9 Å². The van der Waals surface area contributed by atoms with Gasteiger partial charge in [0, 0.05) is 38.2 Å². The summed E-state index contributed by atoms with van der Waals surface area (Å²) in [5, 5.41) is 7.13. The van der Waals surface area contributed by atoms with Crippen LogP contribution in [0, 0.1) is 24.5 Å². The van der Waals surface area contributed by atoms with Gasteiger partial charge in [0.1, 0.15) is 11.6 Å². The number of carbonyl (C=O) groups excluding carboxylic acids is 1. The summed E-state index contributed by atoms with van der Waals surface area (Å²) in [4.78, 5) is 18.8. The number of thiophene rings is 1. The number of hydrogen-bond acceptors (Lipinski definition) is 7. The number of halogens is 2. The number of hydrogen-bond donors (Lipinski definition) is 2. The summed E-state index contributed by atoms with van der Waals surface area (Å²) in [5.74, 6) is -1.09. The molecule has 1 aliphatic carbocycles. The molecule has 5 aromatic rings. The van der Waals surface area contributed by atoms with Gasteiger partial charge in [-0.3, -0.25) is 9.27 Å². The minimum Gasteiger partial charge on any atom is -0.461 e. The molecule has 6 rings (SSSR count).